The minimum atomic E-state index is -0.250. The molecule has 0 saturated carbocycles. The van der Waals surface area contributed by atoms with E-state index in [2.05, 4.69) is 5.32 Å². The Hall–Kier alpha value is -2.30. The van der Waals surface area contributed by atoms with Crippen molar-refractivity contribution < 1.29 is 19.1 Å². The van der Waals surface area contributed by atoms with Crippen LogP contribution in [0.3, 0.4) is 0 Å². The van der Waals surface area contributed by atoms with Gasteiger partial charge in [-0.1, -0.05) is 18.2 Å². The van der Waals surface area contributed by atoms with Crippen molar-refractivity contribution in [1.29, 1.82) is 0 Å². The predicted molar refractivity (Wildman–Crippen MR) is 70.9 cm³/mol. The van der Waals surface area contributed by atoms with E-state index >= 15 is 0 Å². The smallest absolute Gasteiger partial charge is 0.309 e. The largest absolute Gasteiger partial charge is 0.482 e. The average Bonchev–Trinajstić information content (AvgIpc) is 2.39. The van der Waals surface area contributed by atoms with Gasteiger partial charge in [-0.05, 0) is 24.6 Å². The average molecular weight is 261 g/mol. The zero-order chi connectivity index (χ0) is 13.7. The van der Waals surface area contributed by atoms with E-state index in [1.54, 1.807) is 19.1 Å². The Morgan fingerprint density at radius 1 is 1.53 bits per heavy atom. The molecule has 0 bridgehead atoms. The number of anilines is 1. The van der Waals surface area contributed by atoms with E-state index < -0.39 is 0 Å². The van der Waals surface area contributed by atoms with Crippen LogP contribution in [0, 0.1) is 0 Å². The molecule has 0 saturated heterocycles. The molecule has 1 N–H and O–H groups in total. The molecular weight excluding hydrogens is 246 g/mol. The van der Waals surface area contributed by atoms with Gasteiger partial charge in [0.15, 0.2) is 6.61 Å². The second-order valence-electron chi connectivity index (χ2n) is 4.00. The third-order valence-corrected chi connectivity index (χ3v) is 2.54. The highest BCUT2D eigenvalue weighted by molar-refractivity contribution is 5.95. The molecule has 1 heterocycles. The van der Waals surface area contributed by atoms with E-state index in [-0.39, 0.29) is 24.9 Å². The van der Waals surface area contributed by atoms with Gasteiger partial charge in [0.1, 0.15) is 5.75 Å². The quantitative estimate of drug-likeness (QED) is 0.842. The summed E-state index contributed by atoms with van der Waals surface area (Å²) in [6.07, 6.45) is 3.79. The number of amides is 1. The Kier molecular flexibility index (Phi) is 4.18. The molecule has 0 aromatic heterocycles. The molecule has 0 spiro atoms. The van der Waals surface area contributed by atoms with Crippen LogP contribution in [0.1, 0.15) is 18.9 Å². The highest BCUT2D eigenvalue weighted by Gasteiger charge is 2.15. The lowest BCUT2D eigenvalue weighted by Gasteiger charge is -2.17. The molecule has 0 fully saturated rings. The fourth-order valence-electron chi connectivity index (χ4n) is 1.71. The van der Waals surface area contributed by atoms with E-state index in [9.17, 15) is 9.59 Å². The predicted octanol–water partition coefficient (Wildman–Crippen LogP) is 1.98. The van der Waals surface area contributed by atoms with Gasteiger partial charge in [-0.3, -0.25) is 9.59 Å². The molecule has 1 aliphatic rings. The molecule has 1 aromatic carbocycles. The van der Waals surface area contributed by atoms with Crippen molar-refractivity contribution in [2.24, 2.45) is 0 Å². The summed E-state index contributed by atoms with van der Waals surface area (Å²) in [4.78, 5) is 22.3. The minimum Gasteiger partial charge on any atom is -0.482 e. The molecule has 0 radical (unpaired) electrons. The van der Waals surface area contributed by atoms with Crippen LogP contribution in [-0.2, 0) is 14.3 Å². The van der Waals surface area contributed by atoms with Crippen LogP contribution in [0.5, 0.6) is 5.75 Å². The first kappa shape index (κ1) is 13.1. The number of ether oxygens (including phenoxy) is 2. The summed E-state index contributed by atoms with van der Waals surface area (Å²) in [6, 6.07) is 5.43. The van der Waals surface area contributed by atoms with E-state index in [1.807, 2.05) is 18.2 Å². The van der Waals surface area contributed by atoms with Crippen molar-refractivity contribution in [2.45, 2.75) is 13.3 Å². The summed E-state index contributed by atoms with van der Waals surface area (Å²) in [7, 11) is 0. The highest BCUT2D eigenvalue weighted by atomic mass is 16.5. The molecule has 1 aromatic rings. The van der Waals surface area contributed by atoms with Crippen molar-refractivity contribution in [1.82, 2.24) is 0 Å². The molecule has 2 rings (SSSR count). The number of esters is 1. The number of rotatable bonds is 4. The summed E-state index contributed by atoms with van der Waals surface area (Å²) in [5.41, 5.74) is 1.57. The second-order valence-corrected chi connectivity index (χ2v) is 4.00. The van der Waals surface area contributed by atoms with E-state index in [0.717, 1.165) is 5.56 Å². The maximum atomic E-state index is 11.2. The van der Waals surface area contributed by atoms with Crippen molar-refractivity contribution in [3.05, 3.63) is 29.8 Å². The fourth-order valence-corrected chi connectivity index (χ4v) is 1.71. The molecule has 100 valence electrons. The zero-order valence-electron chi connectivity index (χ0n) is 10.6. The van der Waals surface area contributed by atoms with Gasteiger partial charge < -0.3 is 14.8 Å². The standard InChI is InChI=1S/C14H15NO4/c1-2-18-14(17)5-3-4-10-6-7-11-12(8-10)19-9-13(16)15-11/h3-4,6-8H,2,5,9H2,1H3,(H,15,16). The summed E-state index contributed by atoms with van der Waals surface area (Å²) in [5, 5.41) is 2.72. The number of carbonyl (C=O) groups excluding carboxylic acids is 2. The monoisotopic (exact) mass is 261 g/mol. The molecule has 0 unspecified atom stereocenters. The third-order valence-electron chi connectivity index (χ3n) is 2.54. The number of benzene rings is 1. The van der Waals surface area contributed by atoms with Crippen molar-refractivity contribution in [3.8, 4) is 5.75 Å². The van der Waals surface area contributed by atoms with Crippen LogP contribution < -0.4 is 10.1 Å². The van der Waals surface area contributed by atoms with E-state index in [0.29, 0.717) is 18.0 Å². The number of hydrogen-bond donors (Lipinski definition) is 1. The van der Waals surface area contributed by atoms with Crippen LogP contribution >= 0.6 is 0 Å². The van der Waals surface area contributed by atoms with Crippen molar-refractivity contribution in [3.63, 3.8) is 0 Å². The summed E-state index contributed by atoms with van der Waals surface area (Å²) < 4.78 is 10.1. The molecule has 19 heavy (non-hydrogen) atoms. The summed E-state index contributed by atoms with van der Waals surface area (Å²) >= 11 is 0. The molecule has 1 amide bonds. The van der Waals surface area contributed by atoms with Crippen LogP contribution in [0.25, 0.3) is 6.08 Å². The maximum absolute atomic E-state index is 11.2. The van der Waals surface area contributed by atoms with Gasteiger partial charge in [-0.25, -0.2) is 0 Å². The van der Waals surface area contributed by atoms with Crippen LogP contribution in [0.4, 0.5) is 5.69 Å². The highest BCUT2D eigenvalue weighted by Crippen LogP contribution is 2.28. The van der Waals surface area contributed by atoms with Gasteiger partial charge in [-0.2, -0.15) is 0 Å². The lowest BCUT2D eigenvalue weighted by molar-refractivity contribution is -0.142. The first-order chi connectivity index (χ1) is 9.19. The summed E-state index contributed by atoms with van der Waals surface area (Å²) in [6.45, 7) is 2.19. The number of carbonyl (C=O) groups is 2. The molecular formula is C14H15NO4. The Morgan fingerprint density at radius 2 is 2.37 bits per heavy atom. The normalized spacial score (nSPS) is 13.6. The molecule has 0 aliphatic carbocycles. The first-order valence-corrected chi connectivity index (χ1v) is 6.08. The Balaban J connectivity index is 2.00. The van der Waals surface area contributed by atoms with Gasteiger partial charge in [0.25, 0.3) is 5.91 Å². The Morgan fingerprint density at radius 3 is 3.16 bits per heavy atom. The third kappa shape index (κ3) is 3.58. The van der Waals surface area contributed by atoms with Crippen molar-refractivity contribution >= 4 is 23.6 Å². The van der Waals surface area contributed by atoms with Crippen molar-refractivity contribution in [2.75, 3.05) is 18.5 Å². The number of nitrogens with one attached hydrogen (secondary N) is 1. The fraction of sp³-hybridized carbons (Fsp3) is 0.286. The second kappa shape index (κ2) is 6.04. The minimum absolute atomic E-state index is 0.0307. The zero-order valence-corrected chi connectivity index (χ0v) is 10.6. The lowest BCUT2D eigenvalue weighted by Crippen LogP contribution is -2.25. The molecule has 5 heteroatoms. The number of fused-ring (bicyclic) bond motifs is 1. The van der Waals surface area contributed by atoms with Gasteiger partial charge in [-0.15, -0.1) is 0 Å². The van der Waals surface area contributed by atoms with Gasteiger partial charge in [0.05, 0.1) is 18.7 Å². The molecule has 1 aliphatic heterocycles. The Bertz CT molecular complexity index is 522. The topological polar surface area (TPSA) is 64.6 Å². The molecule has 5 nitrogen and oxygen atoms in total. The lowest BCUT2D eigenvalue weighted by atomic mass is 10.1. The molecule has 0 atom stereocenters. The Labute approximate surface area is 111 Å². The summed E-state index contributed by atoms with van der Waals surface area (Å²) in [5.74, 6) is 0.233. The van der Waals surface area contributed by atoms with E-state index in [4.69, 9.17) is 9.47 Å². The van der Waals surface area contributed by atoms with Gasteiger partial charge in [0, 0.05) is 0 Å². The first-order valence-electron chi connectivity index (χ1n) is 6.08. The maximum Gasteiger partial charge on any atom is 0.309 e. The van der Waals surface area contributed by atoms with Gasteiger partial charge in [0.2, 0.25) is 0 Å². The SMILES string of the molecule is CCOC(=O)CC=Cc1ccc2c(c1)OCC(=O)N2. The van der Waals surface area contributed by atoms with Crippen LogP contribution in [0.2, 0.25) is 0 Å². The number of hydrogen-bond acceptors (Lipinski definition) is 4. The van der Waals surface area contributed by atoms with Crippen LogP contribution in [0.15, 0.2) is 24.3 Å². The van der Waals surface area contributed by atoms with Crippen LogP contribution in [-0.4, -0.2) is 25.1 Å². The van der Waals surface area contributed by atoms with Gasteiger partial charge >= 0.3 is 5.97 Å². The van der Waals surface area contributed by atoms with E-state index in [1.165, 1.54) is 0 Å².